The van der Waals surface area contributed by atoms with Crippen molar-refractivity contribution in [3.8, 4) is 0 Å². The molecule has 1 amide bonds. The first-order chi connectivity index (χ1) is 7.24. The molecule has 0 aliphatic carbocycles. The number of nitrogens with two attached hydrogens (primary N) is 2. The van der Waals surface area contributed by atoms with Gasteiger partial charge < -0.3 is 16.4 Å². The second kappa shape index (κ2) is 4.00. The second-order valence-electron chi connectivity index (χ2n) is 3.72. The van der Waals surface area contributed by atoms with Crippen molar-refractivity contribution in [1.82, 2.24) is 0 Å². The zero-order valence-corrected chi connectivity index (χ0v) is 8.52. The minimum absolute atomic E-state index is 0.0286. The lowest BCUT2D eigenvalue weighted by molar-refractivity contribution is -0.120. The Morgan fingerprint density at radius 2 is 2.13 bits per heavy atom. The lowest BCUT2D eigenvalue weighted by Gasteiger charge is -2.32. The Labute approximate surface area is 88.9 Å². The molecule has 0 spiro atoms. The van der Waals surface area contributed by atoms with E-state index in [0.717, 1.165) is 11.3 Å². The first-order valence-corrected chi connectivity index (χ1v) is 5.09. The van der Waals surface area contributed by atoms with Gasteiger partial charge in [0.1, 0.15) is 0 Å². The van der Waals surface area contributed by atoms with Gasteiger partial charge in [-0.25, -0.2) is 0 Å². The molecule has 80 valence electrons. The average Bonchev–Trinajstić information content (AvgIpc) is 2.25. The van der Waals surface area contributed by atoms with E-state index in [-0.39, 0.29) is 5.91 Å². The maximum atomic E-state index is 11.8. The van der Waals surface area contributed by atoms with Gasteiger partial charge in [0, 0.05) is 18.8 Å². The summed E-state index contributed by atoms with van der Waals surface area (Å²) in [6, 6.07) is 7.40. The van der Waals surface area contributed by atoms with Gasteiger partial charge in [0.05, 0.1) is 6.04 Å². The van der Waals surface area contributed by atoms with Crippen LogP contribution < -0.4 is 16.4 Å². The molecule has 1 aliphatic rings. The van der Waals surface area contributed by atoms with Crippen molar-refractivity contribution in [2.75, 3.05) is 18.0 Å². The van der Waals surface area contributed by atoms with E-state index in [4.69, 9.17) is 11.5 Å². The van der Waals surface area contributed by atoms with Gasteiger partial charge in [-0.15, -0.1) is 0 Å². The molecular formula is C11H15N3O. The third-order valence-electron chi connectivity index (χ3n) is 2.66. The van der Waals surface area contributed by atoms with Crippen LogP contribution in [-0.4, -0.2) is 25.0 Å². The van der Waals surface area contributed by atoms with Gasteiger partial charge in [0.2, 0.25) is 5.91 Å². The Kier molecular flexibility index (Phi) is 2.70. The van der Waals surface area contributed by atoms with Crippen LogP contribution in [-0.2, 0) is 11.2 Å². The fourth-order valence-electron chi connectivity index (χ4n) is 1.95. The quantitative estimate of drug-likeness (QED) is 0.706. The summed E-state index contributed by atoms with van der Waals surface area (Å²) >= 11 is 0. The second-order valence-corrected chi connectivity index (χ2v) is 3.72. The number of hydrogen-bond donors (Lipinski definition) is 2. The maximum absolute atomic E-state index is 11.8. The summed E-state index contributed by atoms with van der Waals surface area (Å²) in [6.07, 6.45) is 0.621. The largest absolute Gasteiger partial charge is 0.329 e. The normalized spacial score (nSPS) is 20.3. The van der Waals surface area contributed by atoms with E-state index in [1.54, 1.807) is 4.90 Å². The molecular weight excluding hydrogens is 190 g/mol. The Bertz CT molecular complexity index is 378. The average molecular weight is 205 g/mol. The number of amides is 1. The van der Waals surface area contributed by atoms with Crippen LogP contribution in [0.2, 0.25) is 0 Å². The zero-order chi connectivity index (χ0) is 10.8. The van der Waals surface area contributed by atoms with Gasteiger partial charge in [0.15, 0.2) is 0 Å². The number of carbonyl (C=O) groups excluding carboxylic acids is 1. The molecule has 1 heterocycles. The summed E-state index contributed by atoms with van der Waals surface area (Å²) in [5.74, 6) is -0.0286. The lowest BCUT2D eigenvalue weighted by atomic mass is 9.98. The molecule has 1 atom stereocenters. The van der Waals surface area contributed by atoms with Crippen LogP contribution in [0, 0.1) is 0 Å². The van der Waals surface area contributed by atoms with E-state index in [1.807, 2.05) is 24.3 Å². The number of anilines is 1. The zero-order valence-electron chi connectivity index (χ0n) is 8.52. The van der Waals surface area contributed by atoms with Gasteiger partial charge in [-0.05, 0) is 18.1 Å². The fraction of sp³-hybridized carbons (Fsp3) is 0.364. The summed E-state index contributed by atoms with van der Waals surface area (Å²) < 4.78 is 0. The predicted molar refractivity (Wildman–Crippen MR) is 59.5 cm³/mol. The van der Waals surface area contributed by atoms with Crippen LogP contribution in [0.1, 0.15) is 5.56 Å². The van der Waals surface area contributed by atoms with Crippen molar-refractivity contribution in [3.05, 3.63) is 29.8 Å². The number of hydrogen-bond acceptors (Lipinski definition) is 3. The van der Waals surface area contributed by atoms with E-state index in [0.29, 0.717) is 19.5 Å². The highest BCUT2D eigenvalue weighted by atomic mass is 16.2. The molecule has 2 rings (SSSR count). The molecule has 0 bridgehead atoms. The van der Waals surface area contributed by atoms with E-state index in [2.05, 4.69) is 0 Å². The molecule has 1 aromatic rings. The third kappa shape index (κ3) is 1.73. The molecule has 1 unspecified atom stereocenters. The molecule has 15 heavy (non-hydrogen) atoms. The molecule has 4 heteroatoms. The smallest absolute Gasteiger partial charge is 0.244 e. The van der Waals surface area contributed by atoms with Gasteiger partial charge in [0.25, 0.3) is 0 Å². The summed E-state index contributed by atoms with van der Waals surface area (Å²) in [5, 5.41) is 0. The van der Waals surface area contributed by atoms with Gasteiger partial charge in [-0.2, -0.15) is 0 Å². The van der Waals surface area contributed by atoms with E-state index < -0.39 is 6.04 Å². The third-order valence-corrected chi connectivity index (χ3v) is 2.66. The van der Waals surface area contributed by atoms with E-state index in [9.17, 15) is 4.79 Å². The molecule has 4 N–H and O–H groups in total. The minimum atomic E-state index is -0.425. The van der Waals surface area contributed by atoms with Gasteiger partial charge in [-0.1, -0.05) is 18.2 Å². The topological polar surface area (TPSA) is 72.3 Å². The predicted octanol–water partition coefficient (Wildman–Crippen LogP) is -0.138. The molecule has 1 aliphatic heterocycles. The molecule has 0 saturated heterocycles. The highest BCUT2D eigenvalue weighted by Gasteiger charge is 2.29. The molecule has 0 aromatic heterocycles. The SMILES string of the molecule is NCCN1C(=O)C(N)Cc2ccccc21. The maximum Gasteiger partial charge on any atom is 0.244 e. The number of rotatable bonds is 2. The summed E-state index contributed by atoms with van der Waals surface area (Å²) in [5.41, 5.74) is 13.3. The number of nitrogens with zero attached hydrogens (tertiary/aromatic N) is 1. The van der Waals surface area contributed by atoms with E-state index in [1.165, 1.54) is 0 Å². The van der Waals surface area contributed by atoms with E-state index >= 15 is 0 Å². The Balaban J connectivity index is 2.40. The highest BCUT2D eigenvalue weighted by molar-refractivity contribution is 6.00. The van der Waals surface area contributed by atoms with Crippen LogP contribution in [0.15, 0.2) is 24.3 Å². The van der Waals surface area contributed by atoms with Gasteiger partial charge in [-0.3, -0.25) is 4.79 Å². The summed E-state index contributed by atoms with van der Waals surface area (Å²) in [6.45, 7) is 0.982. The molecule has 1 aromatic carbocycles. The first kappa shape index (κ1) is 10.1. The Hall–Kier alpha value is -1.39. The number of para-hydroxylation sites is 1. The first-order valence-electron chi connectivity index (χ1n) is 5.09. The Morgan fingerprint density at radius 3 is 2.87 bits per heavy atom. The van der Waals surface area contributed by atoms with Crippen LogP contribution in [0.5, 0.6) is 0 Å². The van der Waals surface area contributed by atoms with Crippen LogP contribution in [0.3, 0.4) is 0 Å². The lowest BCUT2D eigenvalue weighted by Crippen LogP contribution is -2.50. The number of fused-ring (bicyclic) bond motifs is 1. The molecule has 4 nitrogen and oxygen atoms in total. The van der Waals surface area contributed by atoms with Crippen molar-refractivity contribution in [1.29, 1.82) is 0 Å². The fourth-order valence-corrected chi connectivity index (χ4v) is 1.95. The molecule has 0 radical (unpaired) electrons. The van der Waals surface area contributed by atoms with Crippen molar-refractivity contribution >= 4 is 11.6 Å². The highest BCUT2D eigenvalue weighted by Crippen LogP contribution is 2.26. The summed E-state index contributed by atoms with van der Waals surface area (Å²) in [7, 11) is 0. The number of benzene rings is 1. The van der Waals surface area contributed by atoms with Crippen molar-refractivity contribution < 1.29 is 4.79 Å². The van der Waals surface area contributed by atoms with Crippen LogP contribution in [0.4, 0.5) is 5.69 Å². The Morgan fingerprint density at radius 1 is 1.40 bits per heavy atom. The van der Waals surface area contributed by atoms with Crippen molar-refractivity contribution in [2.24, 2.45) is 11.5 Å². The molecule has 0 saturated carbocycles. The molecule has 0 fully saturated rings. The minimum Gasteiger partial charge on any atom is -0.329 e. The monoisotopic (exact) mass is 205 g/mol. The summed E-state index contributed by atoms with van der Waals surface area (Å²) in [4.78, 5) is 13.5. The van der Waals surface area contributed by atoms with Crippen molar-refractivity contribution in [2.45, 2.75) is 12.5 Å². The number of carbonyl (C=O) groups is 1. The standard InChI is InChI=1S/C11H15N3O/c12-5-6-14-10-4-2-1-3-8(10)7-9(13)11(14)15/h1-4,9H,5-7,12-13H2. The van der Waals surface area contributed by atoms with Crippen LogP contribution in [0.25, 0.3) is 0 Å². The van der Waals surface area contributed by atoms with Crippen LogP contribution >= 0.6 is 0 Å². The van der Waals surface area contributed by atoms with Crippen molar-refractivity contribution in [3.63, 3.8) is 0 Å². The van der Waals surface area contributed by atoms with Gasteiger partial charge >= 0.3 is 0 Å².